The van der Waals surface area contributed by atoms with Gasteiger partial charge >= 0.3 is 12.1 Å². The van der Waals surface area contributed by atoms with Gasteiger partial charge in [0.1, 0.15) is 24.2 Å². The Bertz CT molecular complexity index is 2550. The zero-order chi connectivity index (χ0) is 51.4. The molecule has 71 heavy (non-hydrogen) atoms. The monoisotopic (exact) mass is 965 g/mol. The zero-order valence-corrected chi connectivity index (χ0v) is 43.8. The number of amides is 8. The van der Waals surface area contributed by atoms with E-state index in [0.717, 1.165) is 94.8 Å². The molecule has 2 saturated heterocycles. The predicted molar refractivity (Wildman–Crippen MR) is 284 cm³/mol. The van der Waals surface area contributed by atoms with E-state index >= 15 is 0 Å². The normalized spacial score (nSPS) is 17.4. The molecule has 0 aromatic heterocycles. The zero-order valence-electron chi connectivity index (χ0n) is 43.8. The minimum absolute atomic E-state index is 0.223. The number of hydrogen-bond acceptors (Lipinski definition) is 6. The molecule has 12 heteroatoms. The Balaban J connectivity index is 0.000000209. The lowest BCUT2D eigenvalue weighted by molar-refractivity contribution is -0.134. The van der Waals surface area contributed by atoms with Gasteiger partial charge in [-0.3, -0.25) is 38.8 Å². The molecule has 4 aliphatic rings. The predicted octanol–water partition coefficient (Wildman–Crippen LogP) is 12.8. The maximum absolute atomic E-state index is 13.8. The van der Waals surface area contributed by atoms with Gasteiger partial charge in [0, 0.05) is 22.7 Å². The van der Waals surface area contributed by atoms with E-state index in [-0.39, 0.29) is 60.4 Å². The second-order valence-corrected chi connectivity index (χ2v) is 21.2. The van der Waals surface area contributed by atoms with Gasteiger partial charge in [-0.15, -0.1) is 0 Å². The number of imide groups is 2. The van der Waals surface area contributed by atoms with Crippen LogP contribution in [-0.2, 0) is 32.0 Å². The molecular formula is C59H76N6O6. The van der Waals surface area contributed by atoms with Gasteiger partial charge in [0.2, 0.25) is 11.8 Å². The van der Waals surface area contributed by atoms with Crippen LogP contribution in [0.3, 0.4) is 0 Å². The van der Waals surface area contributed by atoms with E-state index in [4.69, 9.17) is 0 Å². The van der Waals surface area contributed by atoms with Crippen molar-refractivity contribution in [2.75, 3.05) is 33.5 Å². The fourth-order valence-electron chi connectivity index (χ4n) is 11.2. The molecule has 378 valence electrons. The number of carbonyl (C=O) groups is 6. The van der Waals surface area contributed by atoms with Crippen molar-refractivity contribution in [3.63, 3.8) is 0 Å². The summed E-state index contributed by atoms with van der Waals surface area (Å²) in [6.45, 7) is 20.3. The average Bonchev–Trinajstić information content (AvgIpc) is 3.97. The largest absolute Gasteiger partial charge is 0.332 e. The quantitative estimate of drug-likeness (QED) is 0.121. The molecule has 4 fully saturated rings. The average molecular weight is 965 g/mol. The van der Waals surface area contributed by atoms with Gasteiger partial charge in [-0.1, -0.05) is 162 Å². The van der Waals surface area contributed by atoms with Crippen LogP contribution in [0, 0.1) is 0 Å². The number of anilines is 4. The summed E-state index contributed by atoms with van der Waals surface area (Å²) in [4.78, 5) is 87.1. The summed E-state index contributed by atoms with van der Waals surface area (Å²) in [5, 5.41) is 6.12. The van der Waals surface area contributed by atoms with E-state index in [1.807, 2.05) is 84.9 Å². The first-order chi connectivity index (χ1) is 33.9. The van der Waals surface area contributed by atoms with Crippen molar-refractivity contribution in [3.05, 3.63) is 118 Å². The lowest BCUT2D eigenvalue weighted by Gasteiger charge is -2.38. The molecule has 0 unspecified atom stereocenters. The van der Waals surface area contributed by atoms with Gasteiger partial charge in [-0.05, 0) is 120 Å². The van der Waals surface area contributed by atoms with Crippen molar-refractivity contribution < 1.29 is 28.8 Å². The number of nitrogens with one attached hydrogen (secondary N) is 2. The molecule has 8 amide bonds. The first-order valence-corrected chi connectivity index (χ1v) is 26.2. The van der Waals surface area contributed by atoms with Crippen LogP contribution in [0.2, 0.25) is 0 Å². The molecule has 2 aliphatic heterocycles. The number of carbonyl (C=O) groups excluding carboxylic acids is 6. The minimum atomic E-state index is -0.901. The molecule has 2 N–H and O–H groups in total. The van der Waals surface area contributed by atoms with Crippen molar-refractivity contribution in [2.45, 2.75) is 175 Å². The van der Waals surface area contributed by atoms with E-state index in [1.165, 1.54) is 16.0 Å². The van der Waals surface area contributed by atoms with Crippen LogP contribution < -0.4 is 20.4 Å². The highest BCUT2D eigenvalue weighted by Crippen LogP contribution is 2.46. The summed E-state index contributed by atoms with van der Waals surface area (Å²) in [5.74, 6) is -0.301. The highest BCUT2D eigenvalue weighted by Gasteiger charge is 2.60. The van der Waals surface area contributed by atoms with Gasteiger partial charge in [0.25, 0.3) is 11.8 Å². The topological polar surface area (TPSA) is 139 Å². The molecule has 0 bridgehead atoms. The highest BCUT2D eigenvalue weighted by molar-refractivity contribution is 6.20. The molecule has 4 aromatic rings. The highest BCUT2D eigenvalue weighted by atomic mass is 16.2. The van der Waals surface area contributed by atoms with Crippen molar-refractivity contribution >= 4 is 58.4 Å². The number of urea groups is 2. The fraction of sp³-hybridized carbons (Fsp3) is 0.492. The van der Waals surface area contributed by atoms with Crippen molar-refractivity contribution in [1.82, 2.24) is 9.80 Å². The van der Waals surface area contributed by atoms with Gasteiger partial charge in [0.15, 0.2) is 0 Å². The van der Waals surface area contributed by atoms with Crippen LogP contribution in [-0.4, -0.2) is 69.7 Å². The molecule has 8 rings (SSSR count). The number of para-hydroxylation sites is 2. The third-order valence-corrected chi connectivity index (χ3v) is 15.2. The molecule has 4 aromatic carbocycles. The first kappa shape index (κ1) is 52.5. The summed E-state index contributed by atoms with van der Waals surface area (Å²) in [7, 11) is 0. The van der Waals surface area contributed by atoms with Crippen LogP contribution in [0.5, 0.6) is 0 Å². The molecule has 2 saturated carbocycles. The minimum Gasteiger partial charge on any atom is -0.324 e. The third-order valence-electron chi connectivity index (χ3n) is 15.2. The summed E-state index contributed by atoms with van der Waals surface area (Å²) in [6.07, 6.45) is 8.92. The lowest BCUT2D eigenvalue weighted by atomic mass is 9.80. The molecule has 2 heterocycles. The third kappa shape index (κ3) is 10.4. The SMILES string of the molecule is CCc1ccc(N2C(=O)N(CC(=O)Nc3c(C(C)C)cccc3C(C)C)C(=O)C23CCCC3)cc1.CCc1ccc(N2C(=O)N(CC(=O)Nc3c(C(C)C)cccc3C(C)C)C(=O)C23CCCCC3)cc1. The summed E-state index contributed by atoms with van der Waals surface area (Å²) in [6, 6.07) is 27.0. The Morgan fingerprint density at radius 2 is 0.761 bits per heavy atom. The van der Waals surface area contributed by atoms with Crippen LogP contribution in [0.25, 0.3) is 0 Å². The summed E-state index contributed by atoms with van der Waals surface area (Å²) >= 11 is 0. The van der Waals surface area contributed by atoms with Crippen molar-refractivity contribution in [2.24, 2.45) is 0 Å². The van der Waals surface area contributed by atoms with Gasteiger partial charge in [-0.25, -0.2) is 9.59 Å². The van der Waals surface area contributed by atoms with Crippen molar-refractivity contribution in [1.29, 1.82) is 0 Å². The lowest BCUT2D eigenvalue weighted by Crippen LogP contribution is -2.51. The van der Waals surface area contributed by atoms with E-state index in [0.29, 0.717) is 25.7 Å². The number of aryl methyl sites for hydroxylation is 2. The van der Waals surface area contributed by atoms with Crippen LogP contribution in [0.4, 0.5) is 32.3 Å². The molecule has 2 spiro atoms. The number of hydrogen-bond donors (Lipinski definition) is 2. The standard InChI is InChI=1S/C30H39N3O3.C29H37N3O3/c1-6-22-13-15-23(16-14-22)33-29(36)32(28(35)30(33)17-8-7-9-18-30)19-26(34)31-27-24(20(2)3)11-10-12-25(27)21(4)5;1-6-21-12-14-22(15-13-21)32-28(35)31(27(34)29(32)16-7-8-17-29)18-25(33)30-26-23(19(2)3)10-9-11-24(26)20(4)5/h10-16,20-21H,6-9,17-19H2,1-5H3,(H,31,34);9-15,19-20H,6-8,16-18H2,1-5H3,(H,30,33). The molecule has 0 atom stereocenters. The molecule has 12 nitrogen and oxygen atoms in total. The Morgan fingerprint density at radius 1 is 0.465 bits per heavy atom. The fourth-order valence-corrected chi connectivity index (χ4v) is 11.2. The second-order valence-electron chi connectivity index (χ2n) is 21.2. The number of rotatable bonds is 14. The van der Waals surface area contributed by atoms with Gasteiger partial charge in [0.05, 0.1) is 0 Å². The maximum atomic E-state index is 13.8. The second kappa shape index (κ2) is 22.0. The van der Waals surface area contributed by atoms with E-state index in [9.17, 15) is 28.8 Å². The van der Waals surface area contributed by atoms with Crippen LogP contribution >= 0.6 is 0 Å². The van der Waals surface area contributed by atoms with Crippen LogP contribution in [0.15, 0.2) is 84.9 Å². The molecule has 0 radical (unpaired) electrons. The molecular weight excluding hydrogens is 889 g/mol. The van der Waals surface area contributed by atoms with E-state index in [2.05, 4.69) is 79.9 Å². The Kier molecular flexibility index (Phi) is 16.3. The Hall–Kier alpha value is -6.30. The van der Waals surface area contributed by atoms with E-state index < -0.39 is 23.1 Å². The van der Waals surface area contributed by atoms with Crippen molar-refractivity contribution in [3.8, 4) is 0 Å². The number of nitrogens with zero attached hydrogens (tertiary/aromatic N) is 4. The summed E-state index contributed by atoms with van der Waals surface area (Å²) in [5.41, 5.74) is 7.80. The first-order valence-electron chi connectivity index (χ1n) is 26.2. The van der Waals surface area contributed by atoms with Gasteiger partial charge in [-0.2, -0.15) is 0 Å². The number of benzene rings is 4. The van der Waals surface area contributed by atoms with Crippen LogP contribution in [0.1, 0.15) is 184 Å². The Morgan fingerprint density at radius 3 is 1.04 bits per heavy atom. The smallest absolute Gasteiger partial charge is 0.324 e. The Labute approximate surface area is 421 Å². The van der Waals surface area contributed by atoms with E-state index in [1.54, 1.807) is 9.80 Å². The van der Waals surface area contributed by atoms with Gasteiger partial charge < -0.3 is 10.6 Å². The summed E-state index contributed by atoms with van der Waals surface area (Å²) < 4.78 is 0. The maximum Gasteiger partial charge on any atom is 0.332 e. The molecule has 2 aliphatic carbocycles.